The zero-order valence-electron chi connectivity index (χ0n) is 12.7. The van der Waals surface area contributed by atoms with Crippen molar-refractivity contribution in [3.05, 3.63) is 0 Å². The van der Waals surface area contributed by atoms with Crippen molar-refractivity contribution in [1.82, 2.24) is 5.32 Å². The van der Waals surface area contributed by atoms with Crippen LogP contribution in [0, 0.1) is 5.92 Å². The fourth-order valence-corrected chi connectivity index (χ4v) is 1.35. The lowest BCUT2D eigenvalue weighted by Gasteiger charge is -2.21. The van der Waals surface area contributed by atoms with E-state index in [1.54, 1.807) is 0 Å². The molecule has 4 heteroatoms. The fourth-order valence-electron chi connectivity index (χ4n) is 1.35. The van der Waals surface area contributed by atoms with Gasteiger partial charge in [0.05, 0.1) is 0 Å². The Hall–Kier alpha value is -0.770. The molecular weight excluding hydrogens is 230 g/mol. The molecule has 0 heterocycles. The van der Waals surface area contributed by atoms with Crippen LogP contribution in [-0.2, 0) is 9.47 Å². The quantitative estimate of drug-likeness (QED) is 0.712. The van der Waals surface area contributed by atoms with E-state index in [-0.39, 0.29) is 6.04 Å². The van der Waals surface area contributed by atoms with Crippen molar-refractivity contribution in [1.29, 1.82) is 0 Å². The van der Waals surface area contributed by atoms with Crippen LogP contribution in [0.15, 0.2) is 0 Å². The van der Waals surface area contributed by atoms with Gasteiger partial charge in [-0.25, -0.2) is 4.79 Å². The van der Waals surface area contributed by atoms with Gasteiger partial charge in [-0.15, -0.1) is 0 Å². The summed E-state index contributed by atoms with van der Waals surface area (Å²) in [5.41, 5.74) is -0.496. The Morgan fingerprint density at radius 1 is 1.28 bits per heavy atom. The first-order valence-corrected chi connectivity index (χ1v) is 6.83. The van der Waals surface area contributed by atoms with Crippen LogP contribution in [0.25, 0.3) is 0 Å². The first-order chi connectivity index (χ1) is 8.24. The van der Waals surface area contributed by atoms with Crippen molar-refractivity contribution in [2.75, 3.05) is 13.2 Å². The minimum Gasteiger partial charge on any atom is -0.433 e. The highest BCUT2D eigenvalue weighted by Gasteiger charge is 2.18. The molecule has 108 valence electrons. The van der Waals surface area contributed by atoms with Crippen molar-refractivity contribution in [2.45, 2.75) is 66.0 Å². The average Bonchev–Trinajstić information content (AvgIpc) is 2.20. The van der Waals surface area contributed by atoms with Crippen molar-refractivity contribution >= 4 is 6.16 Å². The van der Waals surface area contributed by atoms with E-state index in [1.807, 2.05) is 20.8 Å². The molecule has 0 aliphatic carbocycles. The van der Waals surface area contributed by atoms with Crippen LogP contribution in [0.1, 0.15) is 54.4 Å². The predicted molar refractivity (Wildman–Crippen MR) is 73.7 cm³/mol. The molecule has 0 aromatic rings. The van der Waals surface area contributed by atoms with Crippen LogP contribution in [-0.4, -0.2) is 30.9 Å². The third kappa shape index (κ3) is 10.4. The smallest absolute Gasteiger partial charge is 0.433 e. The predicted octanol–water partition coefficient (Wildman–Crippen LogP) is 3.35. The monoisotopic (exact) mass is 259 g/mol. The Labute approximate surface area is 111 Å². The summed E-state index contributed by atoms with van der Waals surface area (Å²) in [5, 5.41) is 3.39. The zero-order valence-corrected chi connectivity index (χ0v) is 12.7. The lowest BCUT2D eigenvalue weighted by atomic mass is 10.1. The van der Waals surface area contributed by atoms with E-state index in [4.69, 9.17) is 9.47 Å². The van der Waals surface area contributed by atoms with E-state index in [0.29, 0.717) is 12.5 Å². The van der Waals surface area contributed by atoms with Gasteiger partial charge in [-0.1, -0.05) is 20.8 Å². The molecule has 0 fully saturated rings. The molecule has 1 atom stereocenters. The van der Waals surface area contributed by atoms with Gasteiger partial charge in [0.1, 0.15) is 12.2 Å². The van der Waals surface area contributed by atoms with Gasteiger partial charge in [-0.05, 0) is 46.1 Å². The van der Waals surface area contributed by atoms with Crippen molar-refractivity contribution in [2.24, 2.45) is 5.92 Å². The molecule has 1 N–H and O–H groups in total. The van der Waals surface area contributed by atoms with Crippen LogP contribution >= 0.6 is 0 Å². The number of hydrogen-bond donors (Lipinski definition) is 1. The Morgan fingerprint density at radius 3 is 2.33 bits per heavy atom. The van der Waals surface area contributed by atoms with Gasteiger partial charge in [0.2, 0.25) is 0 Å². The third-order valence-corrected chi connectivity index (χ3v) is 2.44. The molecule has 0 aliphatic rings. The van der Waals surface area contributed by atoms with E-state index >= 15 is 0 Å². The number of ether oxygens (including phenoxy) is 2. The van der Waals surface area contributed by atoms with Crippen LogP contribution in [0.5, 0.6) is 0 Å². The summed E-state index contributed by atoms with van der Waals surface area (Å²) >= 11 is 0. The first kappa shape index (κ1) is 17.2. The number of carbonyl (C=O) groups is 1. The summed E-state index contributed by atoms with van der Waals surface area (Å²) in [6, 6.07) is 0.205. The summed E-state index contributed by atoms with van der Waals surface area (Å²) in [7, 11) is 0. The molecule has 0 aliphatic heterocycles. The lowest BCUT2D eigenvalue weighted by molar-refractivity contribution is -0.0108. The topological polar surface area (TPSA) is 47.6 Å². The van der Waals surface area contributed by atoms with E-state index in [0.717, 1.165) is 19.4 Å². The summed E-state index contributed by atoms with van der Waals surface area (Å²) < 4.78 is 10.2. The third-order valence-electron chi connectivity index (χ3n) is 2.44. The molecule has 0 radical (unpaired) electrons. The summed E-state index contributed by atoms with van der Waals surface area (Å²) in [6.07, 6.45) is 1.47. The molecule has 0 amide bonds. The van der Waals surface area contributed by atoms with Crippen LogP contribution < -0.4 is 5.32 Å². The Kier molecular flexibility index (Phi) is 8.00. The SMILES string of the molecule is CCC(COC(=O)OC(C)(C)C)NCCC(C)C. The highest BCUT2D eigenvalue weighted by molar-refractivity contribution is 5.60. The van der Waals surface area contributed by atoms with Crippen molar-refractivity contribution in [3.8, 4) is 0 Å². The second-order valence-corrected chi connectivity index (χ2v) is 6.02. The number of carbonyl (C=O) groups excluding carboxylic acids is 1. The maximum atomic E-state index is 11.4. The molecule has 18 heavy (non-hydrogen) atoms. The van der Waals surface area contributed by atoms with Crippen LogP contribution in [0.3, 0.4) is 0 Å². The summed E-state index contributed by atoms with van der Waals surface area (Å²) in [5.74, 6) is 0.682. The molecule has 0 saturated carbocycles. The molecule has 4 nitrogen and oxygen atoms in total. The van der Waals surface area contributed by atoms with E-state index in [1.165, 1.54) is 0 Å². The molecule has 0 rings (SSSR count). The average molecular weight is 259 g/mol. The summed E-state index contributed by atoms with van der Waals surface area (Å²) in [6.45, 7) is 13.3. The van der Waals surface area contributed by atoms with Gasteiger partial charge in [0, 0.05) is 6.04 Å². The fraction of sp³-hybridized carbons (Fsp3) is 0.929. The molecule has 1 unspecified atom stereocenters. The molecule has 0 aromatic carbocycles. The van der Waals surface area contributed by atoms with Gasteiger partial charge < -0.3 is 14.8 Å². The minimum absolute atomic E-state index is 0.205. The van der Waals surface area contributed by atoms with Gasteiger partial charge in [-0.2, -0.15) is 0 Å². The van der Waals surface area contributed by atoms with E-state index < -0.39 is 11.8 Å². The number of hydrogen-bond acceptors (Lipinski definition) is 4. The maximum absolute atomic E-state index is 11.4. The molecule has 0 bridgehead atoms. The zero-order chi connectivity index (χ0) is 14.2. The van der Waals surface area contributed by atoms with Gasteiger partial charge in [-0.3, -0.25) is 0 Å². The second kappa shape index (κ2) is 8.35. The number of rotatable bonds is 7. The molecule has 0 saturated heterocycles. The molecule has 0 aromatic heterocycles. The molecule has 0 spiro atoms. The first-order valence-electron chi connectivity index (χ1n) is 6.83. The van der Waals surface area contributed by atoms with E-state index in [9.17, 15) is 4.79 Å². The highest BCUT2D eigenvalue weighted by Crippen LogP contribution is 2.08. The maximum Gasteiger partial charge on any atom is 0.508 e. The van der Waals surface area contributed by atoms with Crippen molar-refractivity contribution < 1.29 is 14.3 Å². The summed E-state index contributed by atoms with van der Waals surface area (Å²) in [4.78, 5) is 11.4. The highest BCUT2D eigenvalue weighted by atomic mass is 16.7. The van der Waals surface area contributed by atoms with Gasteiger partial charge in [0.25, 0.3) is 0 Å². The van der Waals surface area contributed by atoms with Gasteiger partial charge in [0.15, 0.2) is 0 Å². The largest absolute Gasteiger partial charge is 0.508 e. The van der Waals surface area contributed by atoms with Crippen molar-refractivity contribution in [3.63, 3.8) is 0 Å². The van der Waals surface area contributed by atoms with E-state index in [2.05, 4.69) is 26.1 Å². The van der Waals surface area contributed by atoms with Crippen LogP contribution in [0.2, 0.25) is 0 Å². The normalized spacial score (nSPS) is 13.5. The number of nitrogens with one attached hydrogen (secondary N) is 1. The Bertz CT molecular complexity index is 234. The van der Waals surface area contributed by atoms with Gasteiger partial charge >= 0.3 is 6.16 Å². The molecular formula is C14H29NO3. The second-order valence-electron chi connectivity index (χ2n) is 6.02. The Morgan fingerprint density at radius 2 is 1.89 bits per heavy atom. The standard InChI is InChI=1S/C14H29NO3/c1-7-12(15-9-8-11(2)3)10-17-13(16)18-14(4,5)6/h11-12,15H,7-10H2,1-6H3. The lowest BCUT2D eigenvalue weighted by Crippen LogP contribution is -2.36. The minimum atomic E-state index is -0.591. The van der Waals surface area contributed by atoms with Crippen LogP contribution in [0.4, 0.5) is 4.79 Å². The Balaban J connectivity index is 3.82.